The normalized spacial score (nSPS) is 11.6. The van der Waals surface area contributed by atoms with Crippen molar-refractivity contribution in [2.75, 3.05) is 5.75 Å². The molecule has 0 radical (unpaired) electrons. The fourth-order valence-corrected chi connectivity index (χ4v) is 1.85. The topological polar surface area (TPSA) is 4.93 Å². The van der Waals surface area contributed by atoms with Crippen molar-refractivity contribution >= 4 is 29.6 Å². The molecule has 1 heterocycles. The van der Waals surface area contributed by atoms with Crippen LogP contribution in [0, 0.1) is 0 Å². The fraction of sp³-hybridized carbons (Fsp3) is 0.231. The Kier molecular flexibility index (Phi) is 3.17. The third kappa shape index (κ3) is 2.26. The number of aryl methyl sites for hydroxylation is 1. The first-order valence-electron chi connectivity index (χ1n) is 5.14. The lowest BCUT2D eigenvalue weighted by molar-refractivity contribution is 0.969. The van der Waals surface area contributed by atoms with Crippen LogP contribution >= 0.6 is 12.6 Å². The van der Waals surface area contributed by atoms with E-state index in [4.69, 9.17) is 0 Å². The first-order valence-corrected chi connectivity index (χ1v) is 5.77. The van der Waals surface area contributed by atoms with E-state index < -0.39 is 0 Å². The molecule has 78 valence electrons. The van der Waals surface area contributed by atoms with Gasteiger partial charge < -0.3 is 4.57 Å². The van der Waals surface area contributed by atoms with Gasteiger partial charge in [-0.2, -0.15) is 12.6 Å². The van der Waals surface area contributed by atoms with Gasteiger partial charge in [0.25, 0.3) is 0 Å². The number of thiol groups is 1. The molecule has 0 N–H and O–H groups in total. The second kappa shape index (κ2) is 4.58. The molecule has 2 heteroatoms. The maximum Gasteiger partial charge on any atom is 0.0478 e. The predicted molar refractivity (Wildman–Crippen MR) is 70.4 cm³/mol. The Bertz CT molecular complexity index is 482. The van der Waals surface area contributed by atoms with Crippen molar-refractivity contribution in [2.45, 2.75) is 6.42 Å². The van der Waals surface area contributed by atoms with E-state index in [1.807, 2.05) is 0 Å². The van der Waals surface area contributed by atoms with Crippen molar-refractivity contribution in [3.8, 4) is 0 Å². The molecule has 0 saturated heterocycles. The summed E-state index contributed by atoms with van der Waals surface area (Å²) in [5, 5.41) is 1.30. The Morgan fingerprint density at radius 2 is 2.20 bits per heavy atom. The van der Waals surface area contributed by atoms with E-state index in [1.165, 1.54) is 16.5 Å². The maximum absolute atomic E-state index is 4.17. The molecule has 0 saturated carbocycles. The number of aromatic nitrogens is 1. The van der Waals surface area contributed by atoms with Crippen LogP contribution in [0.3, 0.4) is 0 Å². The van der Waals surface area contributed by atoms with Crippen LogP contribution in [-0.2, 0) is 7.05 Å². The lowest BCUT2D eigenvalue weighted by atomic mass is 10.1. The van der Waals surface area contributed by atoms with Crippen molar-refractivity contribution in [3.63, 3.8) is 0 Å². The van der Waals surface area contributed by atoms with Gasteiger partial charge in [0.05, 0.1) is 0 Å². The van der Waals surface area contributed by atoms with E-state index in [0.717, 1.165) is 12.2 Å². The number of rotatable bonds is 3. The summed E-state index contributed by atoms with van der Waals surface area (Å²) < 4.78 is 2.14. The maximum atomic E-state index is 4.17. The highest BCUT2D eigenvalue weighted by atomic mass is 32.1. The Hall–Kier alpha value is -1.15. The molecular weight excluding hydrogens is 202 g/mol. The summed E-state index contributed by atoms with van der Waals surface area (Å²) in [6.45, 7) is 0. The average Bonchev–Trinajstić information content (AvgIpc) is 2.61. The Balaban J connectivity index is 2.31. The largest absolute Gasteiger partial charge is 0.351 e. The predicted octanol–water partition coefficient (Wildman–Crippen LogP) is 3.51. The first kappa shape index (κ1) is 10.4. The third-order valence-corrected chi connectivity index (χ3v) is 2.77. The van der Waals surface area contributed by atoms with Gasteiger partial charge in [-0.15, -0.1) is 0 Å². The van der Waals surface area contributed by atoms with Crippen molar-refractivity contribution in [1.29, 1.82) is 0 Å². The summed E-state index contributed by atoms with van der Waals surface area (Å²) in [5.41, 5.74) is 2.54. The molecule has 0 atom stereocenters. The van der Waals surface area contributed by atoms with E-state index in [1.54, 1.807) is 0 Å². The third-order valence-electron chi connectivity index (χ3n) is 2.52. The van der Waals surface area contributed by atoms with Gasteiger partial charge in [-0.05, 0) is 35.9 Å². The molecule has 1 nitrogen and oxygen atoms in total. The Labute approximate surface area is 95.8 Å². The summed E-state index contributed by atoms with van der Waals surface area (Å²) in [6, 6.07) is 8.67. The quantitative estimate of drug-likeness (QED) is 0.751. The van der Waals surface area contributed by atoms with Gasteiger partial charge in [-0.3, -0.25) is 0 Å². The van der Waals surface area contributed by atoms with Crippen LogP contribution < -0.4 is 0 Å². The van der Waals surface area contributed by atoms with Gasteiger partial charge in [0.2, 0.25) is 0 Å². The van der Waals surface area contributed by atoms with Gasteiger partial charge in [0.15, 0.2) is 0 Å². The van der Waals surface area contributed by atoms with Gasteiger partial charge in [0, 0.05) is 24.1 Å². The molecule has 0 spiro atoms. The van der Waals surface area contributed by atoms with E-state index in [-0.39, 0.29) is 0 Å². The minimum absolute atomic E-state index is 0.907. The zero-order valence-electron chi connectivity index (χ0n) is 8.85. The van der Waals surface area contributed by atoms with Crippen LogP contribution in [0.4, 0.5) is 0 Å². The van der Waals surface area contributed by atoms with Crippen LogP contribution in [0.15, 0.2) is 36.5 Å². The number of fused-ring (bicyclic) bond motifs is 1. The second-order valence-electron chi connectivity index (χ2n) is 3.66. The lowest BCUT2D eigenvalue weighted by Crippen LogP contribution is -1.83. The first-order chi connectivity index (χ1) is 7.31. The van der Waals surface area contributed by atoms with Crippen LogP contribution in [0.25, 0.3) is 17.0 Å². The molecule has 0 amide bonds. The lowest BCUT2D eigenvalue weighted by Gasteiger charge is -1.97. The van der Waals surface area contributed by atoms with E-state index in [2.05, 4.69) is 66.9 Å². The highest BCUT2D eigenvalue weighted by Gasteiger charge is 1.96. The molecule has 2 rings (SSSR count). The van der Waals surface area contributed by atoms with Gasteiger partial charge >= 0.3 is 0 Å². The number of hydrogen-bond acceptors (Lipinski definition) is 1. The standard InChI is InChI=1S/C13H15NS/c1-14-8-7-12-10-11(4-2-3-9-15)5-6-13(12)14/h2,4-8,10,15H,3,9H2,1H3. The summed E-state index contributed by atoms with van der Waals surface area (Å²) in [4.78, 5) is 0. The monoisotopic (exact) mass is 217 g/mol. The summed E-state index contributed by atoms with van der Waals surface area (Å²) in [6.07, 6.45) is 7.43. The smallest absolute Gasteiger partial charge is 0.0478 e. The van der Waals surface area contributed by atoms with Crippen LogP contribution in [0.1, 0.15) is 12.0 Å². The SMILES string of the molecule is Cn1ccc2cc(C=CCCS)ccc21. The fourth-order valence-electron chi connectivity index (χ4n) is 1.70. The van der Waals surface area contributed by atoms with Gasteiger partial charge in [0.1, 0.15) is 0 Å². The summed E-state index contributed by atoms with van der Waals surface area (Å²) in [7, 11) is 2.07. The molecule has 0 aliphatic carbocycles. The second-order valence-corrected chi connectivity index (χ2v) is 4.11. The molecule has 0 fully saturated rings. The number of benzene rings is 1. The highest BCUT2D eigenvalue weighted by molar-refractivity contribution is 7.80. The minimum atomic E-state index is 0.907. The molecule has 0 aliphatic heterocycles. The Morgan fingerprint density at radius 1 is 1.33 bits per heavy atom. The Morgan fingerprint density at radius 3 is 3.00 bits per heavy atom. The number of nitrogens with zero attached hydrogens (tertiary/aromatic N) is 1. The number of hydrogen-bond donors (Lipinski definition) is 1. The van der Waals surface area contributed by atoms with E-state index >= 15 is 0 Å². The minimum Gasteiger partial charge on any atom is -0.351 e. The molecule has 0 bridgehead atoms. The molecule has 1 aromatic heterocycles. The van der Waals surface area contributed by atoms with Crippen molar-refractivity contribution in [1.82, 2.24) is 4.57 Å². The van der Waals surface area contributed by atoms with Gasteiger partial charge in [-0.1, -0.05) is 18.2 Å². The molecule has 0 aliphatic rings. The van der Waals surface area contributed by atoms with E-state index in [9.17, 15) is 0 Å². The highest BCUT2D eigenvalue weighted by Crippen LogP contribution is 2.17. The average molecular weight is 217 g/mol. The van der Waals surface area contributed by atoms with Crippen LogP contribution in [-0.4, -0.2) is 10.3 Å². The van der Waals surface area contributed by atoms with Gasteiger partial charge in [-0.25, -0.2) is 0 Å². The zero-order valence-corrected chi connectivity index (χ0v) is 9.74. The summed E-state index contributed by atoms with van der Waals surface area (Å²) in [5.74, 6) is 0.907. The van der Waals surface area contributed by atoms with Crippen molar-refractivity contribution in [2.24, 2.45) is 7.05 Å². The molecule has 1 aromatic carbocycles. The zero-order chi connectivity index (χ0) is 10.7. The van der Waals surface area contributed by atoms with E-state index in [0.29, 0.717) is 0 Å². The van der Waals surface area contributed by atoms with Crippen molar-refractivity contribution < 1.29 is 0 Å². The molecular formula is C13H15NS. The molecule has 15 heavy (non-hydrogen) atoms. The molecule has 2 aromatic rings. The number of allylic oxidation sites excluding steroid dienone is 1. The van der Waals surface area contributed by atoms with Crippen molar-refractivity contribution in [3.05, 3.63) is 42.1 Å². The molecule has 0 unspecified atom stereocenters. The van der Waals surface area contributed by atoms with Crippen LogP contribution in [0.5, 0.6) is 0 Å². The van der Waals surface area contributed by atoms with Crippen LogP contribution in [0.2, 0.25) is 0 Å². The summed E-state index contributed by atoms with van der Waals surface area (Å²) >= 11 is 4.17.